The maximum atomic E-state index is 12.4. The Morgan fingerprint density at radius 3 is 2.29 bits per heavy atom. The number of aromatic amines is 1. The molecule has 21 heavy (non-hydrogen) atoms. The van der Waals surface area contributed by atoms with Crippen molar-refractivity contribution in [3.63, 3.8) is 0 Å². The SMILES string of the molecule is O=S(=O)(c1ccn[nH]1)N1CCN(c2ccc(Cl)cc2)CC1. The molecule has 0 bridgehead atoms. The van der Waals surface area contributed by atoms with Gasteiger partial charge in [0.2, 0.25) is 0 Å². The van der Waals surface area contributed by atoms with Crippen LogP contribution in [-0.4, -0.2) is 49.1 Å². The molecule has 0 aliphatic carbocycles. The molecule has 0 spiro atoms. The van der Waals surface area contributed by atoms with Crippen molar-refractivity contribution in [2.75, 3.05) is 31.1 Å². The molecule has 0 amide bonds. The van der Waals surface area contributed by atoms with Gasteiger partial charge in [-0.05, 0) is 30.3 Å². The second kappa shape index (κ2) is 5.67. The molecule has 0 radical (unpaired) electrons. The van der Waals surface area contributed by atoms with E-state index in [0.29, 0.717) is 31.2 Å². The van der Waals surface area contributed by atoms with Crippen LogP contribution in [0.15, 0.2) is 41.6 Å². The highest BCUT2D eigenvalue weighted by Crippen LogP contribution is 2.21. The van der Waals surface area contributed by atoms with E-state index in [9.17, 15) is 8.42 Å². The van der Waals surface area contributed by atoms with Crippen LogP contribution in [0.2, 0.25) is 5.02 Å². The van der Waals surface area contributed by atoms with Gasteiger partial charge in [-0.25, -0.2) is 8.42 Å². The molecule has 1 saturated heterocycles. The molecule has 0 unspecified atom stereocenters. The number of nitrogens with zero attached hydrogens (tertiary/aromatic N) is 3. The zero-order valence-corrected chi connectivity index (χ0v) is 12.8. The first kappa shape index (κ1) is 14.4. The van der Waals surface area contributed by atoms with E-state index in [1.54, 1.807) is 0 Å². The van der Waals surface area contributed by atoms with Gasteiger partial charge in [0.05, 0.1) is 6.20 Å². The fraction of sp³-hybridized carbons (Fsp3) is 0.308. The summed E-state index contributed by atoms with van der Waals surface area (Å²) in [7, 11) is -3.46. The minimum atomic E-state index is -3.46. The van der Waals surface area contributed by atoms with Crippen molar-refractivity contribution in [3.05, 3.63) is 41.6 Å². The van der Waals surface area contributed by atoms with Crippen LogP contribution in [0.4, 0.5) is 5.69 Å². The van der Waals surface area contributed by atoms with Gasteiger partial charge in [-0.2, -0.15) is 9.40 Å². The Kier molecular flexibility index (Phi) is 3.88. The van der Waals surface area contributed by atoms with Crippen LogP contribution in [0.5, 0.6) is 0 Å². The molecule has 6 nitrogen and oxygen atoms in total. The third kappa shape index (κ3) is 2.90. The largest absolute Gasteiger partial charge is 0.369 e. The predicted molar refractivity (Wildman–Crippen MR) is 81.0 cm³/mol. The number of sulfonamides is 1. The lowest BCUT2D eigenvalue weighted by Gasteiger charge is -2.35. The lowest BCUT2D eigenvalue weighted by atomic mass is 10.2. The van der Waals surface area contributed by atoms with Gasteiger partial charge in [-0.1, -0.05) is 11.6 Å². The molecular formula is C13H15ClN4O2S. The van der Waals surface area contributed by atoms with Gasteiger partial charge < -0.3 is 4.90 Å². The van der Waals surface area contributed by atoms with E-state index in [2.05, 4.69) is 15.1 Å². The quantitative estimate of drug-likeness (QED) is 0.929. The molecule has 0 atom stereocenters. The molecule has 1 aliphatic heterocycles. The fourth-order valence-electron chi connectivity index (χ4n) is 2.36. The normalized spacial score (nSPS) is 17.1. The van der Waals surface area contributed by atoms with Crippen LogP contribution in [0.1, 0.15) is 0 Å². The van der Waals surface area contributed by atoms with Crippen LogP contribution in [0.3, 0.4) is 0 Å². The summed E-state index contributed by atoms with van der Waals surface area (Å²) >= 11 is 5.88. The van der Waals surface area contributed by atoms with E-state index < -0.39 is 10.0 Å². The number of benzene rings is 1. The van der Waals surface area contributed by atoms with E-state index in [0.717, 1.165) is 5.69 Å². The number of aromatic nitrogens is 2. The third-order valence-electron chi connectivity index (χ3n) is 3.52. The molecule has 0 saturated carbocycles. The molecular weight excluding hydrogens is 312 g/mol. The molecule has 112 valence electrons. The Hall–Kier alpha value is -1.57. The molecule has 2 aromatic rings. The zero-order valence-electron chi connectivity index (χ0n) is 11.2. The van der Waals surface area contributed by atoms with E-state index in [1.165, 1.54) is 16.6 Å². The Morgan fingerprint density at radius 2 is 1.71 bits per heavy atom. The lowest BCUT2D eigenvalue weighted by Crippen LogP contribution is -2.48. The highest BCUT2D eigenvalue weighted by molar-refractivity contribution is 7.89. The number of piperazine rings is 1. The van der Waals surface area contributed by atoms with E-state index in [-0.39, 0.29) is 5.03 Å². The van der Waals surface area contributed by atoms with Gasteiger partial charge in [0, 0.05) is 36.9 Å². The van der Waals surface area contributed by atoms with Crippen molar-refractivity contribution in [2.45, 2.75) is 5.03 Å². The van der Waals surface area contributed by atoms with Crippen molar-refractivity contribution in [1.29, 1.82) is 0 Å². The summed E-state index contributed by atoms with van der Waals surface area (Å²) in [6.45, 7) is 2.19. The highest BCUT2D eigenvalue weighted by Gasteiger charge is 2.29. The number of anilines is 1. The number of halogens is 1. The van der Waals surface area contributed by atoms with Gasteiger partial charge in [0.1, 0.15) is 0 Å². The minimum Gasteiger partial charge on any atom is -0.369 e. The maximum absolute atomic E-state index is 12.4. The van der Waals surface area contributed by atoms with Crippen LogP contribution >= 0.6 is 11.6 Å². The van der Waals surface area contributed by atoms with Crippen LogP contribution < -0.4 is 4.90 Å². The van der Waals surface area contributed by atoms with E-state index in [4.69, 9.17) is 11.6 Å². The first-order valence-electron chi connectivity index (χ1n) is 6.57. The van der Waals surface area contributed by atoms with Crippen molar-refractivity contribution in [3.8, 4) is 0 Å². The summed E-state index contributed by atoms with van der Waals surface area (Å²) < 4.78 is 26.2. The summed E-state index contributed by atoms with van der Waals surface area (Å²) in [5.74, 6) is 0. The van der Waals surface area contributed by atoms with Gasteiger partial charge in [-0.15, -0.1) is 0 Å². The summed E-state index contributed by atoms with van der Waals surface area (Å²) in [6.07, 6.45) is 1.44. The molecule has 1 fully saturated rings. The highest BCUT2D eigenvalue weighted by atomic mass is 35.5. The molecule has 1 aromatic heterocycles. The molecule has 1 aliphatic rings. The minimum absolute atomic E-state index is 0.141. The van der Waals surface area contributed by atoms with E-state index in [1.807, 2.05) is 24.3 Å². The topological polar surface area (TPSA) is 69.3 Å². The summed E-state index contributed by atoms with van der Waals surface area (Å²) in [4.78, 5) is 2.15. The van der Waals surface area contributed by atoms with Crippen molar-refractivity contribution >= 4 is 27.3 Å². The number of nitrogens with one attached hydrogen (secondary N) is 1. The Bertz CT molecular complexity index is 692. The average molecular weight is 327 g/mol. The first-order valence-corrected chi connectivity index (χ1v) is 8.39. The van der Waals surface area contributed by atoms with Gasteiger partial charge in [0.15, 0.2) is 5.03 Å². The maximum Gasteiger partial charge on any atom is 0.260 e. The zero-order chi connectivity index (χ0) is 14.9. The number of hydrogen-bond donors (Lipinski definition) is 1. The molecule has 3 rings (SSSR count). The van der Waals surface area contributed by atoms with Crippen LogP contribution in [0.25, 0.3) is 0 Å². The Labute approximate surface area is 128 Å². The van der Waals surface area contributed by atoms with Crippen molar-refractivity contribution in [1.82, 2.24) is 14.5 Å². The monoisotopic (exact) mass is 326 g/mol. The van der Waals surface area contributed by atoms with Gasteiger partial charge in [-0.3, -0.25) is 5.10 Å². The first-order chi connectivity index (χ1) is 10.1. The summed E-state index contributed by atoms with van der Waals surface area (Å²) in [5.41, 5.74) is 1.05. The molecule has 1 N–H and O–H groups in total. The number of H-pyrrole nitrogens is 1. The summed E-state index contributed by atoms with van der Waals surface area (Å²) in [5, 5.41) is 7.05. The van der Waals surface area contributed by atoms with Gasteiger partial charge in [0.25, 0.3) is 10.0 Å². The Morgan fingerprint density at radius 1 is 1.05 bits per heavy atom. The number of rotatable bonds is 3. The molecule has 8 heteroatoms. The number of hydrogen-bond acceptors (Lipinski definition) is 4. The van der Waals surface area contributed by atoms with Crippen molar-refractivity contribution in [2.24, 2.45) is 0 Å². The summed E-state index contributed by atoms with van der Waals surface area (Å²) in [6, 6.07) is 9.04. The van der Waals surface area contributed by atoms with Crippen LogP contribution in [-0.2, 0) is 10.0 Å². The standard InChI is InChI=1S/C13H15ClN4O2S/c14-11-1-3-12(4-2-11)17-7-9-18(10-8-17)21(19,20)13-5-6-15-16-13/h1-6H,7-10H2,(H,15,16). The second-order valence-electron chi connectivity index (χ2n) is 4.79. The van der Waals surface area contributed by atoms with E-state index >= 15 is 0 Å². The lowest BCUT2D eigenvalue weighted by molar-refractivity contribution is 0.383. The fourth-order valence-corrected chi connectivity index (χ4v) is 3.81. The van der Waals surface area contributed by atoms with Crippen molar-refractivity contribution < 1.29 is 8.42 Å². The average Bonchev–Trinajstić information content (AvgIpc) is 3.03. The second-order valence-corrected chi connectivity index (χ2v) is 7.13. The molecule has 2 heterocycles. The third-order valence-corrected chi connectivity index (χ3v) is 5.60. The van der Waals surface area contributed by atoms with Crippen LogP contribution in [0, 0.1) is 0 Å². The smallest absolute Gasteiger partial charge is 0.260 e. The van der Waals surface area contributed by atoms with Gasteiger partial charge >= 0.3 is 0 Å². The predicted octanol–water partition coefficient (Wildman–Crippen LogP) is 1.57. The Balaban J connectivity index is 1.69. The molecule has 1 aromatic carbocycles.